The van der Waals surface area contributed by atoms with E-state index in [0.717, 1.165) is 45.1 Å². The third-order valence-corrected chi connectivity index (χ3v) is 12.5. The maximum Gasteiger partial charge on any atom is 0.224 e. The molecule has 5 aliphatic rings. The zero-order chi connectivity index (χ0) is 28.3. The summed E-state index contributed by atoms with van der Waals surface area (Å²) in [4.78, 5) is 26.6. The lowest BCUT2D eigenvalue weighted by Crippen LogP contribution is -2.58. The fourth-order valence-electron chi connectivity index (χ4n) is 10.0. The summed E-state index contributed by atoms with van der Waals surface area (Å²) in [5, 5.41) is 7.50. The molecule has 1 aromatic carbocycles. The number of allylic oxidation sites excluding steroid dienone is 2. The smallest absolute Gasteiger partial charge is 0.224 e. The van der Waals surface area contributed by atoms with Gasteiger partial charge < -0.3 is 10.6 Å². The van der Waals surface area contributed by atoms with Gasteiger partial charge in [0.1, 0.15) is 0 Å². The molecule has 4 nitrogen and oxygen atoms in total. The van der Waals surface area contributed by atoms with Gasteiger partial charge in [-0.2, -0.15) is 0 Å². The molecule has 1 aliphatic heterocycles. The number of hydrogen-bond donors (Lipinski definition) is 2. The maximum atomic E-state index is 14.4. The zero-order valence-electron chi connectivity index (χ0n) is 25.7. The van der Waals surface area contributed by atoms with Gasteiger partial charge in [-0.05, 0) is 84.7 Å². The number of carbonyl (C=O) groups excluding carboxylic acids is 2. The molecule has 4 fully saturated rings. The summed E-state index contributed by atoms with van der Waals surface area (Å²) in [6, 6.07) is 9.21. The quantitative estimate of drug-likeness (QED) is 0.386. The lowest BCUT2D eigenvalue weighted by Gasteiger charge is -2.58. The molecule has 4 heteroatoms. The normalized spacial score (nSPS) is 37.2. The molecule has 1 saturated heterocycles. The molecule has 0 spiro atoms. The SMILES string of the molecule is CC(C)(C)c1ccc(C2(NC(=O)C3CC[C@H]4[C@@H]5CNC6=CC(=O)CC[C@]6(C)[C@@H]5CC[C@]34C)CCCCCC2)cc1. The predicted molar refractivity (Wildman–Crippen MR) is 162 cm³/mol. The molecular weight excluding hydrogens is 492 g/mol. The lowest BCUT2D eigenvalue weighted by molar-refractivity contribution is -0.134. The molecule has 0 radical (unpaired) electrons. The Morgan fingerprint density at radius 1 is 0.900 bits per heavy atom. The highest BCUT2D eigenvalue weighted by atomic mass is 16.2. The number of carbonyl (C=O) groups is 2. The van der Waals surface area contributed by atoms with Crippen molar-refractivity contribution in [3.05, 3.63) is 47.2 Å². The van der Waals surface area contributed by atoms with E-state index in [4.69, 9.17) is 0 Å². The van der Waals surface area contributed by atoms with E-state index in [9.17, 15) is 9.59 Å². The summed E-state index contributed by atoms with van der Waals surface area (Å²) in [5.74, 6) is 2.44. The molecule has 40 heavy (non-hydrogen) atoms. The lowest BCUT2D eigenvalue weighted by atomic mass is 9.50. The highest BCUT2D eigenvalue weighted by Crippen LogP contribution is 2.64. The average molecular weight is 545 g/mol. The Labute approximate surface area is 242 Å². The first-order valence-electron chi connectivity index (χ1n) is 16.4. The number of fused-ring (bicyclic) bond motifs is 5. The Balaban J connectivity index is 1.24. The standard InChI is InChI=1S/C36H52N2O2/c1-33(2,3)24-10-12-25(13-11-24)36(18-8-6-7-9-19-36)38-32(40)30-15-14-28-27-23-37-31-22-26(39)16-20-35(31,5)29(27)17-21-34(28,30)4/h10-13,22,27-30,37H,6-9,14-21,23H2,1-5H3,(H,38,40)/t27-,28-,29+,30?,34-,35+/m0/s1. The van der Waals surface area contributed by atoms with Gasteiger partial charge in [-0.3, -0.25) is 9.59 Å². The van der Waals surface area contributed by atoms with Gasteiger partial charge >= 0.3 is 0 Å². The molecule has 6 atom stereocenters. The molecule has 1 unspecified atom stereocenters. The van der Waals surface area contributed by atoms with Crippen molar-refractivity contribution >= 4 is 11.7 Å². The fraction of sp³-hybridized carbons (Fsp3) is 0.722. The van der Waals surface area contributed by atoms with Crippen molar-refractivity contribution in [2.75, 3.05) is 6.54 Å². The second-order valence-electron chi connectivity index (χ2n) is 15.7. The van der Waals surface area contributed by atoms with Gasteiger partial charge in [-0.1, -0.05) is 84.6 Å². The summed E-state index contributed by atoms with van der Waals surface area (Å²) in [7, 11) is 0. The van der Waals surface area contributed by atoms with Gasteiger partial charge in [0.15, 0.2) is 5.78 Å². The average Bonchev–Trinajstić information content (AvgIpc) is 3.10. The molecule has 218 valence electrons. The maximum absolute atomic E-state index is 14.4. The van der Waals surface area contributed by atoms with Crippen LogP contribution in [0.25, 0.3) is 0 Å². The first-order chi connectivity index (χ1) is 19.0. The van der Waals surface area contributed by atoms with Crippen LogP contribution in [-0.4, -0.2) is 18.2 Å². The van der Waals surface area contributed by atoms with Gasteiger partial charge in [-0.25, -0.2) is 0 Å². The molecule has 0 bridgehead atoms. The second kappa shape index (κ2) is 10.0. The number of benzene rings is 1. The van der Waals surface area contributed by atoms with Crippen molar-refractivity contribution in [1.82, 2.24) is 10.6 Å². The van der Waals surface area contributed by atoms with Crippen molar-refractivity contribution in [2.45, 2.75) is 123 Å². The van der Waals surface area contributed by atoms with E-state index >= 15 is 0 Å². The van der Waals surface area contributed by atoms with Gasteiger partial charge in [0.25, 0.3) is 0 Å². The highest BCUT2D eigenvalue weighted by molar-refractivity contribution is 5.91. The van der Waals surface area contributed by atoms with E-state index in [0.29, 0.717) is 30.1 Å². The van der Waals surface area contributed by atoms with Gasteiger partial charge in [0.05, 0.1) is 5.54 Å². The monoisotopic (exact) mass is 544 g/mol. The molecule has 4 aliphatic carbocycles. The number of rotatable bonds is 3. The Morgan fingerprint density at radius 2 is 1.60 bits per heavy atom. The molecule has 1 heterocycles. The molecule has 1 aromatic rings. The molecule has 1 amide bonds. The van der Waals surface area contributed by atoms with E-state index in [-0.39, 0.29) is 33.5 Å². The first-order valence-corrected chi connectivity index (χ1v) is 16.4. The van der Waals surface area contributed by atoms with Crippen LogP contribution in [0.2, 0.25) is 0 Å². The van der Waals surface area contributed by atoms with Crippen LogP contribution >= 0.6 is 0 Å². The summed E-state index contributed by atoms with van der Waals surface area (Å²) in [5.41, 5.74) is 3.86. The van der Waals surface area contributed by atoms with E-state index in [1.54, 1.807) is 0 Å². The Bertz CT molecular complexity index is 1170. The number of amides is 1. The molecule has 6 rings (SSSR count). The second-order valence-corrected chi connectivity index (χ2v) is 15.7. The minimum atomic E-state index is -0.246. The van der Waals surface area contributed by atoms with Crippen LogP contribution in [0.5, 0.6) is 0 Å². The number of piperidine rings is 1. The Morgan fingerprint density at radius 3 is 2.27 bits per heavy atom. The highest BCUT2D eigenvalue weighted by Gasteiger charge is 2.60. The van der Waals surface area contributed by atoms with Crippen LogP contribution in [-0.2, 0) is 20.5 Å². The van der Waals surface area contributed by atoms with E-state index < -0.39 is 0 Å². The molecule has 2 N–H and O–H groups in total. The van der Waals surface area contributed by atoms with Crippen LogP contribution in [0.3, 0.4) is 0 Å². The Kier molecular flexibility index (Phi) is 7.02. The topological polar surface area (TPSA) is 58.2 Å². The fourth-order valence-corrected chi connectivity index (χ4v) is 10.0. The summed E-state index contributed by atoms with van der Waals surface area (Å²) in [6.07, 6.45) is 15.0. The first kappa shape index (κ1) is 28.0. The van der Waals surface area contributed by atoms with E-state index in [2.05, 4.69) is 69.5 Å². The Hall–Kier alpha value is -2.10. The zero-order valence-corrected chi connectivity index (χ0v) is 25.7. The summed E-state index contributed by atoms with van der Waals surface area (Å²) >= 11 is 0. The predicted octanol–water partition coefficient (Wildman–Crippen LogP) is 7.56. The third-order valence-electron chi connectivity index (χ3n) is 12.5. The minimum absolute atomic E-state index is 0.0526. The minimum Gasteiger partial charge on any atom is -0.387 e. The van der Waals surface area contributed by atoms with Crippen LogP contribution in [0.4, 0.5) is 0 Å². The van der Waals surface area contributed by atoms with Crippen molar-refractivity contribution in [3.8, 4) is 0 Å². The molecular formula is C36H52N2O2. The van der Waals surface area contributed by atoms with Crippen LogP contribution < -0.4 is 10.6 Å². The van der Waals surface area contributed by atoms with E-state index in [1.165, 1.54) is 48.9 Å². The van der Waals surface area contributed by atoms with Crippen molar-refractivity contribution in [1.29, 1.82) is 0 Å². The molecule has 3 saturated carbocycles. The largest absolute Gasteiger partial charge is 0.387 e. The van der Waals surface area contributed by atoms with Gasteiger partial charge in [0.2, 0.25) is 5.91 Å². The number of ketones is 1. The van der Waals surface area contributed by atoms with E-state index in [1.807, 2.05) is 6.08 Å². The third kappa shape index (κ3) is 4.56. The van der Waals surface area contributed by atoms with Crippen molar-refractivity contribution < 1.29 is 9.59 Å². The summed E-state index contributed by atoms with van der Waals surface area (Å²) in [6.45, 7) is 12.6. The van der Waals surface area contributed by atoms with Gasteiger partial charge in [0, 0.05) is 36.1 Å². The van der Waals surface area contributed by atoms with Crippen LogP contribution in [0, 0.1) is 34.5 Å². The van der Waals surface area contributed by atoms with Crippen molar-refractivity contribution in [3.63, 3.8) is 0 Å². The summed E-state index contributed by atoms with van der Waals surface area (Å²) < 4.78 is 0. The van der Waals surface area contributed by atoms with Crippen LogP contribution in [0.1, 0.15) is 123 Å². The number of hydrogen-bond acceptors (Lipinski definition) is 3. The van der Waals surface area contributed by atoms with Gasteiger partial charge in [-0.15, -0.1) is 0 Å². The van der Waals surface area contributed by atoms with Crippen molar-refractivity contribution in [2.24, 2.45) is 34.5 Å². The number of nitrogens with one attached hydrogen (secondary N) is 2. The van der Waals surface area contributed by atoms with Crippen LogP contribution in [0.15, 0.2) is 36.0 Å². The molecule has 0 aromatic heterocycles.